The number of rotatable bonds is 8. The maximum atomic E-state index is 12.3. The van der Waals surface area contributed by atoms with Gasteiger partial charge < -0.3 is 24.6 Å². The molecule has 164 valence electrons. The maximum Gasteiger partial charge on any atom is 0.262 e. The van der Waals surface area contributed by atoms with E-state index in [1.54, 1.807) is 48.6 Å². The summed E-state index contributed by atoms with van der Waals surface area (Å²) >= 11 is 0. The van der Waals surface area contributed by atoms with Gasteiger partial charge >= 0.3 is 0 Å². The zero-order chi connectivity index (χ0) is 23.2. The summed E-state index contributed by atoms with van der Waals surface area (Å²) in [5, 5.41) is 21.2. The van der Waals surface area contributed by atoms with Crippen molar-refractivity contribution < 1.29 is 24.1 Å². The van der Waals surface area contributed by atoms with Gasteiger partial charge in [-0.3, -0.25) is 4.79 Å². The smallest absolute Gasteiger partial charge is 0.262 e. The van der Waals surface area contributed by atoms with Crippen LogP contribution in [0, 0.1) is 11.3 Å². The van der Waals surface area contributed by atoms with Gasteiger partial charge in [-0.1, -0.05) is 38.1 Å². The Balaban J connectivity index is 0.00000233. The van der Waals surface area contributed by atoms with Crippen molar-refractivity contribution in [3.63, 3.8) is 0 Å². The van der Waals surface area contributed by atoms with E-state index in [4.69, 9.17) is 14.2 Å². The predicted octanol–water partition coefficient (Wildman–Crippen LogP) is 4.22. The first-order valence-electron chi connectivity index (χ1n) is 9.67. The number of carbonyl (C=O) groups is 1. The Kier molecular flexibility index (Phi) is 10.8. The molecule has 0 aliphatic carbocycles. The number of nitriles is 1. The van der Waals surface area contributed by atoms with Crippen LogP contribution in [0.25, 0.3) is 6.08 Å². The van der Waals surface area contributed by atoms with Crippen molar-refractivity contribution in [3.05, 3.63) is 65.3 Å². The molecule has 7 heteroatoms. The van der Waals surface area contributed by atoms with Gasteiger partial charge in [-0.2, -0.15) is 5.26 Å². The van der Waals surface area contributed by atoms with Crippen molar-refractivity contribution in [3.8, 4) is 29.1 Å². The van der Waals surface area contributed by atoms with Crippen LogP contribution >= 0.6 is 0 Å². The SMILES string of the molecule is CC.COc1cc(CNC(=O)/C(C#N)=C/C=C/c2ccc(O)cc2)cc(OC)c1OC. The van der Waals surface area contributed by atoms with Crippen LogP contribution in [0.3, 0.4) is 0 Å². The van der Waals surface area contributed by atoms with Crippen molar-refractivity contribution in [2.45, 2.75) is 20.4 Å². The molecular weight excluding hydrogens is 396 g/mol. The summed E-state index contributed by atoms with van der Waals surface area (Å²) in [6.07, 6.45) is 4.75. The van der Waals surface area contributed by atoms with Crippen LogP contribution in [-0.4, -0.2) is 32.3 Å². The number of nitrogens with one attached hydrogen (secondary N) is 1. The molecule has 2 aromatic rings. The van der Waals surface area contributed by atoms with E-state index in [0.717, 1.165) is 11.1 Å². The number of benzene rings is 2. The monoisotopic (exact) mass is 424 g/mol. The highest BCUT2D eigenvalue weighted by atomic mass is 16.5. The Morgan fingerprint density at radius 1 is 1.06 bits per heavy atom. The second-order valence-electron chi connectivity index (χ2n) is 5.86. The molecule has 0 saturated heterocycles. The molecule has 2 rings (SSSR count). The topological polar surface area (TPSA) is 101 Å². The molecule has 0 aliphatic heterocycles. The van der Waals surface area contributed by atoms with Gasteiger partial charge in [0.1, 0.15) is 17.4 Å². The van der Waals surface area contributed by atoms with E-state index in [1.165, 1.54) is 27.4 Å². The van der Waals surface area contributed by atoms with Gasteiger partial charge in [-0.15, -0.1) is 0 Å². The molecule has 2 aromatic carbocycles. The number of aromatic hydroxyl groups is 1. The molecule has 0 heterocycles. The number of hydrogen-bond donors (Lipinski definition) is 2. The molecule has 0 aliphatic rings. The summed E-state index contributed by atoms with van der Waals surface area (Å²) in [6, 6.07) is 11.9. The molecule has 0 atom stereocenters. The molecule has 1 amide bonds. The number of carbonyl (C=O) groups excluding carboxylic acids is 1. The third-order valence-corrected chi connectivity index (χ3v) is 3.99. The zero-order valence-electron chi connectivity index (χ0n) is 18.4. The van der Waals surface area contributed by atoms with E-state index in [0.29, 0.717) is 17.2 Å². The number of ether oxygens (including phenoxy) is 3. The second kappa shape index (κ2) is 13.3. The van der Waals surface area contributed by atoms with Gasteiger partial charge in [0.2, 0.25) is 5.75 Å². The predicted molar refractivity (Wildman–Crippen MR) is 120 cm³/mol. The summed E-state index contributed by atoms with van der Waals surface area (Å²) in [5.74, 6) is 1.08. The lowest BCUT2D eigenvalue weighted by Crippen LogP contribution is -2.24. The van der Waals surface area contributed by atoms with Gasteiger partial charge in [0.15, 0.2) is 11.5 Å². The minimum Gasteiger partial charge on any atom is -0.508 e. The molecule has 0 radical (unpaired) electrons. The fourth-order valence-corrected chi connectivity index (χ4v) is 2.52. The minimum absolute atomic E-state index is 0.0347. The standard InChI is InChI=1S/C22H22N2O5.C2H6/c1-27-19-11-16(12-20(28-2)21(19)29-3)14-24-22(26)17(13-23)6-4-5-15-7-9-18(25)10-8-15;1-2/h4-12,25H,14H2,1-3H3,(H,24,26);1-2H3/b5-4+,17-6+;. The van der Waals surface area contributed by atoms with Gasteiger partial charge in [-0.25, -0.2) is 0 Å². The summed E-state index contributed by atoms with van der Waals surface area (Å²) in [7, 11) is 4.53. The lowest BCUT2D eigenvalue weighted by atomic mass is 10.1. The summed E-state index contributed by atoms with van der Waals surface area (Å²) in [4.78, 5) is 12.3. The Morgan fingerprint density at radius 3 is 2.13 bits per heavy atom. The lowest BCUT2D eigenvalue weighted by Gasteiger charge is -2.14. The number of phenols is 1. The summed E-state index contributed by atoms with van der Waals surface area (Å²) < 4.78 is 15.9. The van der Waals surface area contributed by atoms with Gasteiger partial charge in [-0.05, 0) is 41.5 Å². The Hall–Kier alpha value is -3.92. The third kappa shape index (κ3) is 7.44. The second-order valence-corrected chi connectivity index (χ2v) is 5.86. The average Bonchev–Trinajstić information content (AvgIpc) is 2.81. The van der Waals surface area contributed by atoms with Crippen LogP contribution in [0.2, 0.25) is 0 Å². The Morgan fingerprint density at radius 2 is 1.65 bits per heavy atom. The fraction of sp³-hybridized carbons (Fsp3) is 0.250. The number of amides is 1. The average molecular weight is 424 g/mol. The van der Waals surface area contributed by atoms with E-state index >= 15 is 0 Å². The fourth-order valence-electron chi connectivity index (χ4n) is 2.52. The van der Waals surface area contributed by atoms with Gasteiger partial charge in [0.25, 0.3) is 5.91 Å². The Labute approximate surface area is 183 Å². The molecule has 0 unspecified atom stereocenters. The van der Waals surface area contributed by atoms with Crippen molar-refractivity contribution in [2.75, 3.05) is 21.3 Å². The first kappa shape index (κ1) is 25.1. The van der Waals surface area contributed by atoms with E-state index in [1.807, 2.05) is 19.9 Å². The molecule has 0 fully saturated rings. The van der Waals surface area contributed by atoms with Crippen LogP contribution in [0.15, 0.2) is 54.1 Å². The molecule has 2 N–H and O–H groups in total. The van der Waals surface area contributed by atoms with Crippen LogP contribution in [-0.2, 0) is 11.3 Å². The number of hydrogen-bond acceptors (Lipinski definition) is 6. The summed E-state index contributed by atoms with van der Waals surface area (Å²) in [6.45, 7) is 4.18. The number of allylic oxidation sites excluding steroid dienone is 2. The first-order chi connectivity index (χ1) is 15.0. The maximum absolute atomic E-state index is 12.3. The molecule has 0 aromatic heterocycles. The number of methoxy groups -OCH3 is 3. The quantitative estimate of drug-likeness (QED) is 0.374. The number of phenolic OH excluding ortho intramolecular Hbond substituents is 1. The van der Waals surface area contributed by atoms with Crippen molar-refractivity contribution >= 4 is 12.0 Å². The van der Waals surface area contributed by atoms with Crippen molar-refractivity contribution in [2.24, 2.45) is 0 Å². The summed E-state index contributed by atoms with van der Waals surface area (Å²) in [5.41, 5.74) is 1.52. The molecule has 0 bridgehead atoms. The Bertz CT molecular complexity index is 932. The lowest BCUT2D eigenvalue weighted by molar-refractivity contribution is -0.117. The van der Waals surface area contributed by atoms with Crippen LogP contribution in [0.1, 0.15) is 25.0 Å². The minimum atomic E-state index is -0.503. The van der Waals surface area contributed by atoms with Crippen molar-refractivity contribution in [1.82, 2.24) is 5.32 Å². The van der Waals surface area contributed by atoms with Gasteiger partial charge in [0, 0.05) is 6.54 Å². The first-order valence-corrected chi connectivity index (χ1v) is 9.67. The highest BCUT2D eigenvalue weighted by Gasteiger charge is 2.14. The molecule has 7 nitrogen and oxygen atoms in total. The van der Waals surface area contributed by atoms with Gasteiger partial charge in [0.05, 0.1) is 21.3 Å². The van der Waals surface area contributed by atoms with E-state index in [-0.39, 0.29) is 17.9 Å². The molecule has 0 saturated carbocycles. The molecule has 31 heavy (non-hydrogen) atoms. The third-order valence-electron chi connectivity index (χ3n) is 3.99. The highest BCUT2D eigenvalue weighted by molar-refractivity contribution is 5.97. The van der Waals surface area contributed by atoms with E-state index in [2.05, 4.69) is 5.32 Å². The van der Waals surface area contributed by atoms with Crippen LogP contribution in [0.5, 0.6) is 23.0 Å². The number of nitrogens with zero attached hydrogens (tertiary/aromatic N) is 1. The largest absolute Gasteiger partial charge is 0.508 e. The highest BCUT2D eigenvalue weighted by Crippen LogP contribution is 2.38. The molecular formula is C24H28N2O5. The zero-order valence-corrected chi connectivity index (χ0v) is 18.4. The molecule has 0 spiro atoms. The van der Waals surface area contributed by atoms with Crippen molar-refractivity contribution in [1.29, 1.82) is 5.26 Å². The van der Waals surface area contributed by atoms with E-state index < -0.39 is 5.91 Å². The van der Waals surface area contributed by atoms with E-state index in [9.17, 15) is 15.2 Å². The van der Waals surface area contributed by atoms with Crippen LogP contribution < -0.4 is 19.5 Å². The normalized spacial score (nSPS) is 10.5. The van der Waals surface area contributed by atoms with Crippen LogP contribution in [0.4, 0.5) is 0 Å².